The van der Waals surface area contributed by atoms with E-state index in [-0.39, 0.29) is 5.78 Å². The molecule has 0 spiro atoms. The van der Waals surface area contributed by atoms with E-state index < -0.39 is 6.04 Å². The second kappa shape index (κ2) is 7.28. The van der Waals surface area contributed by atoms with Gasteiger partial charge in [0.15, 0.2) is 5.78 Å². The van der Waals surface area contributed by atoms with Crippen LogP contribution in [-0.4, -0.2) is 35.3 Å². The van der Waals surface area contributed by atoms with Crippen molar-refractivity contribution < 1.29 is 9.53 Å². The number of hydrogen-bond donors (Lipinski definition) is 1. The van der Waals surface area contributed by atoms with Crippen molar-refractivity contribution in [3.05, 3.63) is 17.5 Å². The Morgan fingerprint density at radius 2 is 2.33 bits per heavy atom. The number of hydrogen-bond acceptors (Lipinski definition) is 4. The Morgan fingerprint density at radius 3 is 2.94 bits per heavy atom. The van der Waals surface area contributed by atoms with Crippen LogP contribution >= 0.6 is 0 Å². The number of nitrogens with two attached hydrogens (primary N) is 1. The molecule has 0 aromatic carbocycles. The van der Waals surface area contributed by atoms with Crippen LogP contribution in [0.3, 0.4) is 0 Å². The summed E-state index contributed by atoms with van der Waals surface area (Å²) in [5, 5.41) is 4.32. The molecule has 1 unspecified atom stereocenters. The largest absolute Gasteiger partial charge is 0.385 e. The van der Waals surface area contributed by atoms with Gasteiger partial charge in [-0.3, -0.25) is 9.48 Å². The molecule has 0 aliphatic heterocycles. The van der Waals surface area contributed by atoms with E-state index in [2.05, 4.69) is 5.10 Å². The van der Waals surface area contributed by atoms with E-state index >= 15 is 0 Å². The highest BCUT2D eigenvalue weighted by Crippen LogP contribution is 2.07. The highest BCUT2D eigenvalue weighted by Gasteiger charge is 2.16. The van der Waals surface area contributed by atoms with Crippen molar-refractivity contribution in [2.24, 2.45) is 5.73 Å². The summed E-state index contributed by atoms with van der Waals surface area (Å²) in [6.07, 6.45) is 1.85. The fraction of sp³-hybridized carbons (Fsp3) is 0.692. The summed E-state index contributed by atoms with van der Waals surface area (Å²) in [4.78, 5) is 12.0. The minimum atomic E-state index is -0.402. The lowest BCUT2D eigenvalue weighted by Gasteiger charge is -2.10. The van der Waals surface area contributed by atoms with Gasteiger partial charge < -0.3 is 10.5 Å². The van der Waals surface area contributed by atoms with Gasteiger partial charge in [0, 0.05) is 26.0 Å². The first-order valence-corrected chi connectivity index (χ1v) is 6.39. The molecule has 5 nitrogen and oxygen atoms in total. The van der Waals surface area contributed by atoms with E-state index in [1.165, 1.54) is 0 Å². The zero-order chi connectivity index (χ0) is 13.5. The van der Waals surface area contributed by atoms with E-state index in [0.29, 0.717) is 19.4 Å². The smallest absolute Gasteiger partial charge is 0.155 e. The Bertz CT molecular complexity index is 388. The van der Waals surface area contributed by atoms with Crippen molar-refractivity contribution in [3.63, 3.8) is 0 Å². The average molecular weight is 253 g/mol. The molecule has 18 heavy (non-hydrogen) atoms. The van der Waals surface area contributed by atoms with Gasteiger partial charge in [-0.15, -0.1) is 0 Å². The normalized spacial score (nSPS) is 12.7. The quantitative estimate of drug-likeness (QED) is 0.704. The molecule has 0 bridgehead atoms. The van der Waals surface area contributed by atoms with Gasteiger partial charge in [0.25, 0.3) is 0 Å². The Balaban J connectivity index is 2.52. The second-order valence-corrected chi connectivity index (χ2v) is 4.48. The third-order valence-electron chi connectivity index (χ3n) is 2.92. The SMILES string of the molecule is CCn1nc(C)cc1CC(=O)C(N)CCCOC. The molecule has 0 radical (unpaired) electrons. The molecule has 0 saturated heterocycles. The number of carbonyl (C=O) groups excluding carboxylic acids is 1. The molecule has 0 amide bonds. The minimum Gasteiger partial charge on any atom is -0.385 e. The van der Waals surface area contributed by atoms with E-state index in [4.69, 9.17) is 10.5 Å². The lowest BCUT2D eigenvalue weighted by molar-refractivity contribution is -0.119. The highest BCUT2D eigenvalue weighted by molar-refractivity contribution is 5.85. The van der Waals surface area contributed by atoms with Crippen LogP contribution in [0.2, 0.25) is 0 Å². The van der Waals surface area contributed by atoms with Gasteiger partial charge in [-0.25, -0.2) is 0 Å². The molecule has 2 N–H and O–H groups in total. The summed E-state index contributed by atoms with van der Waals surface area (Å²) in [6, 6.07) is 1.55. The molecule has 1 heterocycles. The van der Waals surface area contributed by atoms with Gasteiger partial charge >= 0.3 is 0 Å². The molecule has 0 aliphatic carbocycles. The van der Waals surface area contributed by atoms with Crippen molar-refractivity contribution in [3.8, 4) is 0 Å². The van der Waals surface area contributed by atoms with Crippen molar-refractivity contribution in [2.45, 2.75) is 45.7 Å². The molecule has 0 fully saturated rings. The molecule has 1 aromatic heterocycles. The van der Waals surface area contributed by atoms with E-state index in [0.717, 1.165) is 24.4 Å². The number of ketones is 1. The van der Waals surface area contributed by atoms with Gasteiger partial charge in [-0.2, -0.15) is 5.10 Å². The lowest BCUT2D eigenvalue weighted by atomic mass is 10.0. The van der Waals surface area contributed by atoms with Crippen LogP contribution in [0.1, 0.15) is 31.2 Å². The predicted octanol–water partition coefficient (Wildman–Crippen LogP) is 1.08. The van der Waals surface area contributed by atoms with Gasteiger partial charge in [-0.05, 0) is 32.8 Å². The van der Waals surface area contributed by atoms with E-state index in [1.807, 2.05) is 24.6 Å². The summed E-state index contributed by atoms with van der Waals surface area (Å²) < 4.78 is 6.81. The molecule has 102 valence electrons. The molecule has 1 atom stereocenters. The fourth-order valence-electron chi connectivity index (χ4n) is 1.93. The average Bonchev–Trinajstić information content (AvgIpc) is 2.69. The molecular formula is C13H23N3O2. The lowest BCUT2D eigenvalue weighted by Crippen LogP contribution is -2.32. The molecule has 1 rings (SSSR count). The third-order valence-corrected chi connectivity index (χ3v) is 2.92. The van der Waals surface area contributed by atoms with Crippen LogP contribution in [0, 0.1) is 6.92 Å². The number of nitrogens with zero attached hydrogens (tertiary/aromatic N) is 2. The molecular weight excluding hydrogens is 230 g/mol. The maximum absolute atomic E-state index is 12.0. The zero-order valence-corrected chi connectivity index (χ0v) is 11.5. The van der Waals surface area contributed by atoms with Crippen LogP contribution in [0.25, 0.3) is 0 Å². The van der Waals surface area contributed by atoms with Crippen LogP contribution in [0.15, 0.2) is 6.07 Å². The molecule has 0 saturated carbocycles. The monoisotopic (exact) mass is 253 g/mol. The number of Topliss-reactive ketones (excluding diaryl/α,β-unsaturated/α-hetero) is 1. The van der Waals surface area contributed by atoms with Crippen LogP contribution < -0.4 is 5.73 Å². The predicted molar refractivity (Wildman–Crippen MR) is 70.4 cm³/mol. The van der Waals surface area contributed by atoms with Crippen molar-refractivity contribution >= 4 is 5.78 Å². The standard InChI is InChI=1S/C13H23N3O2/c1-4-16-11(8-10(2)15-16)9-13(17)12(14)6-5-7-18-3/h8,12H,4-7,9,14H2,1-3H3. The summed E-state index contributed by atoms with van der Waals surface area (Å²) >= 11 is 0. The van der Waals surface area contributed by atoms with Crippen LogP contribution in [0.5, 0.6) is 0 Å². The topological polar surface area (TPSA) is 70.1 Å². The number of ether oxygens (including phenoxy) is 1. The summed E-state index contributed by atoms with van der Waals surface area (Å²) in [5.41, 5.74) is 7.75. The van der Waals surface area contributed by atoms with E-state index in [1.54, 1.807) is 7.11 Å². The Labute approximate surface area is 108 Å². The minimum absolute atomic E-state index is 0.0701. The van der Waals surface area contributed by atoms with Crippen LogP contribution in [-0.2, 0) is 22.5 Å². The maximum atomic E-state index is 12.0. The number of carbonyl (C=O) groups is 1. The zero-order valence-electron chi connectivity index (χ0n) is 11.5. The first-order valence-electron chi connectivity index (χ1n) is 6.39. The molecule has 1 aromatic rings. The first-order chi connectivity index (χ1) is 8.58. The maximum Gasteiger partial charge on any atom is 0.155 e. The van der Waals surface area contributed by atoms with Crippen LogP contribution in [0.4, 0.5) is 0 Å². The van der Waals surface area contributed by atoms with Gasteiger partial charge in [0.05, 0.1) is 18.2 Å². The summed E-state index contributed by atoms with van der Waals surface area (Å²) in [5.74, 6) is 0.0701. The summed E-state index contributed by atoms with van der Waals surface area (Å²) in [7, 11) is 1.65. The van der Waals surface area contributed by atoms with Gasteiger partial charge in [0.2, 0.25) is 0 Å². The van der Waals surface area contributed by atoms with E-state index in [9.17, 15) is 4.79 Å². The number of aromatic nitrogens is 2. The fourth-order valence-corrected chi connectivity index (χ4v) is 1.93. The summed E-state index contributed by atoms with van der Waals surface area (Å²) in [6.45, 7) is 5.36. The van der Waals surface area contributed by atoms with Crippen molar-refractivity contribution in [2.75, 3.05) is 13.7 Å². The van der Waals surface area contributed by atoms with Gasteiger partial charge in [0.1, 0.15) is 0 Å². The Morgan fingerprint density at radius 1 is 1.61 bits per heavy atom. The number of methoxy groups -OCH3 is 1. The Kier molecular flexibility index (Phi) is 6.01. The second-order valence-electron chi connectivity index (χ2n) is 4.48. The first kappa shape index (κ1) is 14.9. The van der Waals surface area contributed by atoms with Crippen molar-refractivity contribution in [1.82, 2.24) is 9.78 Å². The number of rotatable bonds is 8. The number of aryl methyl sites for hydroxylation is 2. The van der Waals surface area contributed by atoms with Gasteiger partial charge in [-0.1, -0.05) is 0 Å². The molecule has 0 aliphatic rings. The van der Waals surface area contributed by atoms with Crippen molar-refractivity contribution in [1.29, 1.82) is 0 Å². The highest BCUT2D eigenvalue weighted by atomic mass is 16.5. The Hall–Kier alpha value is -1.20. The third kappa shape index (κ3) is 4.23. The molecule has 5 heteroatoms.